The van der Waals surface area contributed by atoms with E-state index in [1.807, 2.05) is 17.8 Å². The molecule has 1 fully saturated rings. The lowest BCUT2D eigenvalue weighted by atomic mass is 9.76. The van der Waals surface area contributed by atoms with Crippen molar-refractivity contribution in [1.29, 1.82) is 0 Å². The molecule has 6 heteroatoms. The van der Waals surface area contributed by atoms with Gasteiger partial charge in [0, 0.05) is 30.1 Å². The molecule has 0 radical (unpaired) electrons. The van der Waals surface area contributed by atoms with Crippen LogP contribution in [0.4, 0.5) is 0 Å². The van der Waals surface area contributed by atoms with Crippen LogP contribution in [0.5, 0.6) is 5.75 Å². The zero-order valence-electron chi connectivity index (χ0n) is 12.2. The molecule has 0 amide bonds. The Hall–Kier alpha value is -0.685. The van der Waals surface area contributed by atoms with Crippen molar-refractivity contribution in [3.8, 4) is 5.75 Å². The molecule has 0 saturated carbocycles. The van der Waals surface area contributed by atoms with E-state index in [0.29, 0.717) is 16.8 Å². The van der Waals surface area contributed by atoms with Crippen LogP contribution in [0.25, 0.3) is 0 Å². The molecule has 110 valence electrons. The SMILES string of the molecule is COc1ccc(B(O)O)c(CN2CCSC(C)C2C)c1. The Balaban J connectivity index is 2.22. The molecule has 4 nitrogen and oxygen atoms in total. The molecule has 2 N–H and O–H groups in total. The average Bonchev–Trinajstić information content (AvgIpc) is 2.43. The predicted octanol–water partition coefficient (Wildman–Crippen LogP) is 0.701. The maximum Gasteiger partial charge on any atom is 0.488 e. The molecule has 1 heterocycles. The van der Waals surface area contributed by atoms with Crippen molar-refractivity contribution in [1.82, 2.24) is 4.90 Å². The minimum Gasteiger partial charge on any atom is -0.497 e. The van der Waals surface area contributed by atoms with E-state index in [9.17, 15) is 10.0 Å². The van der Waals surface area contributed by atoms with Gasteiger partial charge in [0.25, 0.3) is 0 Å². The number of rotatable bonds is 4. The lowest BCUT2D eigenvalue weighted by Crippen LogP contribution is -2.45. The maximum absolute atomic E-state index is 9.51. The Morgan fingerprint density at radius 1 is 1.40 bits per heavy atom. The first kappa shape index (κ1) is 15.7. The third kappa shape index (κ3) is 3.49. The normalized spacial score (nSPS) is 23.6. The van der Waals surface area contributed by atoms with Crippen molar-refractivity contribution in [2.24, 2.45) is 0 Å². The number of hydrogen-bond donors (Lipinski definition) is 2. The number of thioether (sulfide) groups is 1. The Morgan fingerprint density at radius 3 is 2.80 bits per heavy atom. The van der Waals surface area contributed by atoms with Gasteiger partial charge in [-0.25, -0.2) is 0 Å². The number of hydrogen-bond acceptors (Lipinski definition) is 5. The quantitative estimate of drug-likeness (QED) is 0.801. The zero-order chi connectivity index (χ0) is 14.7. The summed E-state index contributed by atoms with van der Waals surface area (Å²) < 4.78 is 5.24. The van der Waals surface area contributed by atoms with Crippen LogP contribution in [0.1, 0.15) is 19.4 Å². The van der Waals surface area contributed by atoms with Crippen molar-refractivity contribution >= 4 is 24.3 Å². The van der Waals surface area contributed by atoms with Crippen LogP contribution in [0.2, 0.25) is 0 Å². The van der Waals surface area contributed by atoms with E-state index < -0.39 is 7.12 Å². The minimum absolute atomic E-state index is 0.476. The van der Waals surface area contributed by atoms with Crippen molar-refractivity contribution in [3.05, 3.63) is 23.8 Å². The monoisotopic (exact) mass is 295 g/mol. The molecule has 0 bridgehead atoms. The first-order valence-electron chi connectivity index (χ1n) is 6.91. The maximum atomic E-state index is 9.51. The number of ether oxygens (including phenoxy) is 1. The number of nitrogens with zero attached hydrogens (tertiary/aromatic N) is 1. The first-order chi connectivity index (χ1) is 9.52. The number of benzene rings is 1. The van der Waals surface area contributed by atoms with Gasteiger partial charge in [0.15, 0.2) is 0 Å². The highest BCUT2D eigenvalue weighted by atomic mass is 32.2. The summed E-state index contributed by atoms with van der Waals surface area (Å²) in [5, 5.41) is 19.6. The van der Waals surface area contributed by atoms with Crippen LogP contribution in [-0.4, -0.2) is 52.8 Å². The summed E-state index contributed by atoms with van der Waals surface area (Å²) in [4.78, 5) is 2.39. The molecular weight excluding hydrogens is 273 g/mol. The van der Waals surface area contributed by atoms with Crippen molar-refractivity contribution in [2.45, 2.75) is 31.7 Å². The van der Waals surface area contributed by atoms with Gasteiger partial charge in [0.05, 0.1) is 7.11 Å². The van der Waals surface area contributed by atoms with Crippen LogP contribution in [0.3, 0.4) is 0 Å². The van der Waals surface area contributed by atoms with Crippen molar-refractivity contribution in [3.63, 3.8) is 0 Å². The molecule has 2 rings (SSSR count). The van der Waals surface area contributed by atoms with Crippen LogP contribution >= 0.6 is 11.8 Å². The second-order valence-electron chi connectivity index (χ2n) is 5.23. The van der Waals surface area contributed by atoms with Gasteiger partial charge in [0.1, 0.15) is 5.75 Å². The molecule has 0 spiro atoms. The molecule has 1 aliphatic heterocycles. The van der Waals surface area contributed by atoms with Gasteiger partial charge < -0.3 is 14.8 Å². The Bertz CT molecular complexity index is 458. The standard InChI is InChI=1S/C14H22BNO3S/c1-10-11(2)20-7-6-16(10)9-12-8-13(19-3)4-5-14(12)15(17)18/h4-5,8,10-11,17-18H,6-7,9H2,1-3H3. The Kier molecular flexibility index (Phi) is 5.38. The molecular formula is C14H22BNO3S. The highest BCUT2D eigenvalue weighted by Crippen LogP contribution is 2.26. The minimum atomic E-state index is -1.44. The van der Waals surface area contributed by atoms with Gasteiger partial charge in [-0.1, -0.05) is 13.0 Å². The van der Waals surface area contributed by atoms with Gasteiger partial charge in [-0.2, -0.15) is 11.8 Å². The van der Waals surface area contributed by atoms with E-state index >= 15 is 0 Å². The van der Waals surface area contributed by atoms with E-state index in [-0.39, 0.29) is 0 Å². The fraction of sp³-hybridized carbons (Fsp3) is 0.571. The molecule has 1 aromatic carbocycles. The van der Waals surface area contributed by atoms with Gasteiger partial charge >= 0.3 is 7.12 Å². The Labute approximate surface area is 125 Å². The average molecular weight is 295 g/mol. The highest BCUT2D eigenvalue weighted by molar-refractivity contribution is 8.00. The number of methoxy groups -OCH3 is 1. The summed E-state index contributed by atoms with van der Waals surface area (Å²) in [6.45, 7) is 6.21. The van der Waals surface area contributed by atoms with Gasteiger partial charge in [-0.05, 0) is 30.1 Å². The summed E-state index contributed by atoms with van der Waals surface area (Å²) in [6, 6.07) is 5.86. The summed E-state index contributed by atoms with van der Waals surface area (Å²) in [6.07, 6.45) is 0. The summed E-state index contributed by atoms with van der Waals surface area (Å²) in [5.41, 5.74) is 1.48. The first-order valence-corrected chi connectivity index (χ1v) is 7.96. The third-order valence-corrected chi connectivity index (χ3v) is 5.35. The Morgan fingerprint density at radius 2 is 2.15 bits per heavy atom. The van der Waals surface area contributed by atoms with E-state index in [1.165, 1.54) is 0 Å². The topological polar surface area (TPSA) is 52.9 Å². The molecule has 20 heavy (non-hydrogen) atoms. The third-order valence-electron chi connectivity index (χ3n) is 4.02. The van der Waals surface area contributed by atoms with Gasteiger partial charge in [-0.3, -0.25) is 4.90 Å². The second-order valence-corrected chi connectivity index (χ2v) is 6.71. The predicted molar refractivity (Wildman–Crippen MR) is 84.6 cm³/mol. The lowest BCUT2D eigenvalue weighted by molar-refractivity contribution is 0.204. The van der Waals surface area contributed by atoms with E-state index in [1.54, 1.807) is 19.2 Å². The van der Waals surface area contributed by atoms with Crippen LogP contribution < -0.4 is 10.2 Å². The molecule has 1 saturated heterocycles. The largest absolute Gasteiger partial charge is 0.497 e. The molecule has 1 aliphatic rings. The van der Waals surface area contributed by atoms with E-state index in [0.717, 1.165) is 30.2 Å². The second kappa shape index (κ2) is 6.85. The molecule has 0 aromatic heterocycles. The molecule has 0 aliphatic carbocycles. The molecule has 2 atom stereocenters. The fourth-order valence-electron chi connectivity index (χ4n) is 2.54. The lowest BCUT2D eigenvalue weighted by Gasteiger charge is -2.37. The summed E-state index contributed by atoms with van der Waals surface area (Å²) in [7, 11) is 0.180. The van der Waals surface area contributed by atoms with Crippen LogP contribution in [0.15, 0.2) is 18.2 Å². The molecule has 1 aromatic rings. The summed E-state index contributed by atoms with van der Waals surface area (Å²) in [5.74, 6) is 1.86. The fourth-order valence-corrected chi connectivity index (χ4v) is 3.70. The van der Waals surface area contributed by atoms with E-state index in [2.05, 4.69) is 18.7 Å². The van der Waals surface area contributed by atoms with Gasteiger partial charge in [-0.15, -0.1) is 0 Å². The van der Waals surface area contributed by atoms with Crippen molar-refractivity contribution in [2.75, 3.05) is 19.4 Å². The summed E-state index contributed by atoms with van der Waals surface area (Å²) >= 11 is 1.99. The highest BCUT2D eigenvalue weighted by Gasteiger charge is 2.27. The molecule has 2 unspecified atom stereocenters. The van der Waals surface area contributed by atoms with Crippen molar-refractivity contribution < 1.29 is 14.8 Å². The smallest absolute Gasteiger partial charge is 0.488 e. The van der Waals surface area contributed by atoms with Crippen LogP contribution in [-0.2, 0) is 6.54 Å². The zero-order valence-corrected chi connectivity index (χ0v) is 13.1. The van der Waals surface area contributed by atoms with Crippen LogP contribution in [0, 0.1) is 0 Å². The van der Waals surface area contributed by atoms with E-state index in [4.69, 9.17) is 4.74 Å². The van der Waals surface area contributed by atoms with Gasteiger partial charge in [0.2, 0.25) is 0 Å².